The van der Waals surface area contributed by atoms with Crippen LogP contribution < -0.4 is 10.6 Å². The molecule has 170 valence electrons. The summed E-state index contributed by atoms with van der Waals surface area (Å²) < 4.78 is 6.51. The zero-order valence-corrected chi connectivity index (χ0v) is 19.1. The maximum atomic E-state index is 13.7. The van der Waals surface area contributed by atoms with Gasteiger partial charge in [0.1, 0.15) is 11.6 Å². The Morgan fingerprint density at radius 1 is 1.27 bits per heavy atom. The van der Waals surface area contributed by atoms with Crippen molar-refractivity contribution in [2.75, 3.05) is 13.2 Å². The highest BCUT2D eigenvalue weighted by molar-refractivity contribution is 5.99. The van der Waals surface area contributed by atoms with Crippen molar-refractivity contribution >= 4 is 17.7 Å². The lowest BCUT2D eigenvalue weighted by Gasteiger charge is -2.38. The van der Waals surface area contributed by atoms with Crippen molar-refractivity contribution in [2.45, 2.75) is 96.1 Å². The van der Waals surface area contributed by atoms with Gasteiger partial charge >= 0.3 is 0 Å². The molecule has 6 atom stereocenters. The number of nitrogens with one attached hydrogen (secondary N) is 2. The summed E-state index contributed by atoms with van der Waals surface area (Å²) in [7, 11) is 0. The number of aliphatic hydroxyl groups is 1. The molecule has 3 saturated heterocycles. The molecule has 3 heterocycles. The van der Waals surface area contributed by atoms with E-state index < -0.39 is 40.7 Å². The van der Waals surface area contributed by atoms with Gasteiger partial charge in [-0.2, -0.15) is 0 Å². The second kappa shape index (κ2) is 7.79. The largest absolute Gasteiger partial charge is 0.394 e. The van der Waals surface area contributed by atoms with Crippen LogP contribution in [0.2, 0.25) is 0 Å². The number of hydrogen-bond donors (Lipinski definition) is 3. The Kier molecular flexibility index (Phi) is 5.97. The molecule has 0 aromatic carbocycles. The maximum absolute atomic E-state index is 13.7. The molecule has 30 heavy (non-hydrogen) atoms. The quantitative estimate of drug-likeness (QED) is 0.565. The van der Waals surface area contributed by atoms with E-state index >= 15 is 0 Å². The number of aliphatic hydroxyl groups excluding tert-OH is 1. The van der Waals surface area contributed by atoms with Gasteiger partial charge in [0.15, 0.2) is 0 Å². The zero-order chi connectivity index (χ0) is 22.5. The van der Waals surface area contributed by atoms with Gasteiger partial charge in [-0.05, 0) is 53.4 Å². The van der Waals surface area contributed by atoms with Gasteiger partial charge in [0.25, 0.3) is 0 Å². The van der Waals surface area contributed by atoms with Crippen LogP contribution in [-0.4, -0.2) is 69.7 Å². The Morgan fingerprint density at radius 3 is 2.47 bits per heavy atom. The third-order valence-corrected chi connectivity index (χ3v) is 6.87. The fourth-order valence-electron chi connectivity index (χ4n) is 5.67. The van der Waals surface area contributed by atoms with E-state index in [-0.39, 0.29) is 24.3 Å². The molecule has 0 aromatic rings. The number of rotatable bonds is 7. The summed E-state index contributed by atoms with van der Waals surface area (Å²) >= 11 is 0. The highest BCUT2D eigenvalue weighted by Gasteiger charge is 2.78. The van der Waals surface area contributed by atoms with Crippen molar-refractivity contribution in [1.29, 1.82) is 0 Å². The average Bonchev–Trinajstić information content (AvgIpc) is 3.21. The molecule has 2 unspecified atom stereocenters. The van der Waals surface area contributed by atoms with Crippen molar-refractivity contribution in [3.63, 3.8) is 0 Å². The number of amides is 3. The van der Waals surface area contributed by atoms with Crippen LogP contribution in [0.3, 0.4) is 0 Å². The van der Waals surface area contributed by atoms with Crippen LogP contribution in [0.5, 0.6) is 0 Å². The molecule has 3 amide bonds. The third-order valence-electron chi connectivity index (χ3n) is 6.87. The minimum absolute atomic E-state index is 0.187. The Hall–Kier alpha value is -1.67. The van der Waals surface area contributed by atoms with Crippen molar-refractivity contribution in [3.8, 4) is 0 Å². The lowest BCUT2D eigenvalue weighted by atomic mass is 9.66. The number of hydrogen-bond acceptors (Lipinski definition) is 5. The maximum Gasteiger partial charge on any atom is 0.246 e. The van der Waals surface area contributed by atoms with Gasteiger partial charge in [-0.25, -0.2) is 0 Å². The standard InChI is InChI=1S/C22H37N3O5/c1-7-11-23-17(27)14-15-19(29)25(13(8-2)12-26)16(18(28)24-20(3,4)5)22(15)10-9-21(14,6)30-22/h13-16,26H,7-12H2,1-6H3,(H,23,27)(H,24,28)/t13-,14-,15-,16?,21+,22?/m0/s1. The van der Waals surface area contributed by atoms with Gasteiger partial charge in [-0.15, -0.1) is 0 Å². The molecule has 2 bridgehead atoms. The minimum Gasteiger partial charge on any atom is -0.394 e. The first-order valence-electron chi connectivity index (χ1n) is 11.2. The predicted molar refractivity (Wildman–Crippen MR) is 111 cm³/mol. The number of carbonyl (C=O) groups is 3. The predicted octanol–water partition coefficient (Wildman–Crippen LogP) is 0.963. The smallest absolute Gasteiger partial charge is 0.246 e. The van der Waals surface area contributed by atoms with Gasteiger partial charge in [-0.3, -0.25) is 14.4 Å². The van der Waals surface area contributed by atoms with Gasteiger partial charge in [0.2, 0.25) is 17.7 Å². The molecule has 3 N–H and O–H groups in total. The van der Waals surface area contributed by atoms with Gasteiger partial charge in [0.05, 0.1) is 30.1 Å². The summed E-state index contributed by atoms with van der Waals surface area (Å²) in [6.07, 6.45) is 2.46. The first-order chi connectivity index (χ1) is 14.0. The second-order valence-electron chi connectivity index (χ2n) is 10.2. The van der Waals surface area contributed by atoms with Crippen LogP contribution in [-0.2, 0) is 19.1 Å². The minimum atomic E-state index is -1.04. The zero-order valence-electron chi connectivity index (χ0n) is 19.1. The second-order valence-corrected chi connectivity index (χ2v) is 10.2. The number of ether oxygens (including phenoxy) is 1. The van der Waals surface area contributed by atoms with Crippen LogP contribution in [0.1, 0.15) is 67.2 Å². The Balaban J connectivity index is 2.07. The van der Waals surface area contributed by atoms with E-state index in [1.165, 1.54) is 4.90 Å². The SMILES string of the molecule is CCCNC(=O)[C@@H]1[C@H]2C(=O)N([C@@H](CC)CO)C(C(=O)NC(C)(C)C)C23CC[C@@]1(C)O3. The number of carbonyl (C=O) groups excluding carboxylic acids is 3. The van der Waals surface area contributed by atoms with Gasteiger partial charge < -0.3 is 25.4 Å². The summed E-state index contributed by atoms with van der Waals surface area (Å²) in [5, 5.41) is 15.9. The highest BCUT2D eigenvalue weighted by Crippen LogP contribution is 2.63. The molecule has 3 aliphatic heterocycles. The monoisotopic (exact) mass is 423 g/mol. The van der Waals surface area contributed by atoms with E-state index in [9.17, 15) is 19.5 Å². The first-order valence-corrected chi connectivity index (χ1v) is 11.2. The fourth-order valence-corrected chi connectivity index (χ4v) is 5.67. The van der Waals surface area contributed by atoms with Crippen LogP contribution in [0.15, 0.2) is 0 Å². The number of fused-ring (bicyclic) bond motifs is 1. The van der Waals surface area contributed by atoms with E-state index in [4.69, 9.17) is 4.74 Å². The van der Waals surface area contributed by atoms with Crippen molar-refractivity contribution in [1.82, 2.24) is 15.5 Å². The van der Waals surface area contributed by atoms with E-state index in [0.29, 0.717) is 25.8 Å². The van der Waals surface area contributed by atoms with E-state index in [1.807, 2.05) is 41.5 Å². The third kappa shape index (κ3) is 3.42. The van der Waals surface area contributed by atoms with Crippen molar-refractivity contribution < 1.29 is 24.2 Å². The normalized spacial score (nSPS) is 36.0. The number of likely N-dealkylation sites (tertiary alicyclic amines) is 1. The molecule has 3 aliphatic rings. The summed E-state index contributed by atoms with van der Waals surface area (Å²) in [5.41, 5.74) is -2.30. The van der Waals surface area contributed by atoms with E-state index in [1.54, 1.807) is 0 Å². The average molecular weight is 424 g/mol. The molecule has 8 heteroatoms. The van der Waals surface area contributed by atoms with Crippen LogP contribution in [0, 0.1) is 11.8 Å². The Bertz CT molecular complexity index is 716. The molecule has 0 saturated carbocycles. The molecule has 0 aliphatic carbocycles. The van der Waals surface area contributed by atoms with Crippen molar-refractivity contribution in [2.24, 2.45) is 11.8 Å². The molecule has 0 aromatic heterocycles. The molecule has 8 nitrogen and oxygen atoms in total. The Labute approximate surface area is 179 Å². The van der Waals surface area contributed by atoms with E-state index in [2.05, 4.69) is 10.6 Å². The van der Waals surface area contributed by atoms with E-state index in [0.717, 1.165) is 6.42 Å². The van der Waals surface area contributed by atoms with Crippen LogP contribution in [0.25, 0.3) is 0 Å². The molecular formula is C22H37N3O5. The summed E-state index contributed by atoms with van der Waals surface area (Å²) in [6, 6.07) is -1.36. The summed E-state index contributed by atoms with van der Waals surface area (Å²) in [4.78, 5) is 41.8. The van der Waals surface area contributed by atoms with Crippen molar-refractivity contribution in [3.05, 3.63) is 0 Å². The molecule has 1 spiro atoms. The van der Waals surface area contributed by atoms with Gasteiger partial charge in [0, 0.05) is 12.1 Å². The molecule has 3 fully saturated rings. The first kappa shape index (κ1) is 23.0. The summed E-state index contributed by atoms with van der Waals surface area (Å²) in [5.74, 6) is -2.09. The van der Waals surface area contributed by atoms with Crippen LogP contribution in [0.4, 0.5) is 0 Å². The molecule has 0 radical (unpaired) electrons. The molecule has 3 rings (SSSR count). The lowest BCUT2D eigenvalue weighted by molar-refractivity contribution is -0.150. The van der Waals surface area contributed by atoms with Gasteiger partial charge in [-0.1, -0.05) is 13.8 Å². The topological polar surface area (TPSA) is 108 Å². The Morgan fingerprint density at radius 2 is 1.93 bits per heavy atom. The lowest BCUT2D eigenvalue weighted by Crippen LogP contribution is -2.60. The number of nitrogens with zero attached hydrogens (tertiary/aromatic N) is 1. The molecular weight excluding hydrogens is 386 g/mol. The fraction of sp³-hybridized carbons (Fsp3) is 0.864. The van der Waals surface area contributed by atoms with Crippen LogP contribution >= 0.6 is 0 Å². The highest BCUT2D eigenvalue weighted by atomic mass is 16.5. The summed E-state index contributed by atoms with van der Waals surface area (Å²) in [6.45, 7) is 11.7.